The van der Waals surface area contributed by atoms with E-state index in [4.69, 9.17) is 15.0 Å². The highest BCUT2D eigenvalue weighted by Gasteiger charge is 2.19. The molecule has 0 spiro atoms. The van der Waals surface area contributed by atoms with Crippen molar-refractivity contribution in [2.24, 2.45) is 0 Å². The van der Waals surface area contributed by atoms with E-state index in [1.807, 2.05) is 72.0 Å². The molecule has 0 saturated heterocycles. The Morgan fingerprint density at radius 3 is 1.37 bits per heavy atom. The Morgan fingerprint density at radius 2 is 0.730 bits per heavy atom. The first-order valence-electron chi connectivity index (χ1n) is 21.2. The number of hydrogen-bond acceptors (Lipinski definition) is 4. The second-order valence-electron chi connectivity index (χ2n) is 16.0. The third-order valence-electron chi connectivity index (χ3n) is 12.4. The van der Waals surface area contributed by atoms with Crippen LogP contribution in [0.15, 0.2) is 212 Å². The van der Waals surface area contributed by atoms with E-state index >= 15 is 0 Å². The summed E-state index contributed by atoms with van der Waals surface area (Å²) in [7, 11) is 0. The van der Waals surface area contributed by atoms with Crippen LogP contribution in [0.5, 0.6) is 0 Å². The van der Waals surface area contributed by atoms with Crippen LogP contribution < -0.4 is 0 Å². The van der Waals surface area contributed by atoms with Gasteiger partial charge in [-0.05, 0) is 89.0 Å². The number of hydrogen-bond donors (Lipinski definition) is 0. The molecule has 0 aliphatic carbocycles. The topological polar surface area (TPSA) is 48.5 Å². The van der Waals surface area contributed by atoms with Gasteiger partial charge in [0.15, 0.2) is 11.6 Å². The molecule has 4 aromatic heterocycles. The monoisotopic (exact) mass is 821 g/mol. The summed E-state index contributed by atoms with van der Waals surface area (Å²) >= 11 is 1.86. The van der Waals surface area contributed by atoms with Gasteiger partial charge < -0.3 is 4.57 Å². The zero-order chi connectivity index (χ0) is 41.4. The molecule has 63 heavy (non-hydrogen) atoms. The van der Waals surface area contributed by atoms with Gasteiger partial charge in [-0.2, -0.15) is 9.97 Å². The Balaban J connectivity index is 0.915. The second-order valence-corrected chi connectivity index (χ2v) is 17.1. The third kappa shape index (κ3) is 5.80. The highest BCUT2D eigenvalue weighted by atomic mass is 32.1. The predicted molar refractivity (Wildman–Crippen MR) is 263 cm³/mol. The molecular formula is C57H35N5S. The molecule has 0 atom stereocenters. The van der Waals surface area contributed by atoms with Crippen LogP contribution in [0.4, 0.5) is 0 Å². The van der Waals surface area contributed by atoms with Crippen molar-refractivity contribution in [3.63, 3.8) is 0 Å². The lowest BCUT2D eigenvalue weighted by atomic mass is 10.0. The van der Waals surface area contributed by atoms with Crippen molar-refractivity contribution >= 4 is 75.1 Å². The van der Waals surface area contributed by atoms with Crippen LogP contribution in [-0.4, -0.2) is 24.1 Å². The summed E-state index contributed by atoms with van der Waals surface area (Å²) in [5.74, 6) is 1.85. The predicted octanol–water partition coefficient (Wildman–Crippen LogP) is 15.1. The highest BCUT2D eigenvalue weighted by molar-refractivity contribution is 7.25. The first-order valence-corrected chi connectivity index (χ1v) is 22.0. The first-order chi connectivity index (χ1) is 31.2. The minimum atomic E-state index is 0.584. The van der Waals surface area contributed by atoms with Gasteiger partial charge in [-0.15, -0.1) is 11.3 Å². The van der Waals surface area contributed by atoms with E-state index in [1.54, 1.807) is 0 Å². The van der Waals surface area contributed by atoms with Crippen molar-refractivity contribution in [2.45, 2.75) is 0 Å². The minimum absolute atomic E-state index is 0.584. The van der Waals surface area contributed by atoms with E-state index in [2.05, 4.69) is 161 Å². The minimum Gasteiger partial charge on any atom is -0.309 e. The molecule has 9 aromatic carbocycles. The molecule has 6 heteroatoms. The molecule has 294 valence electrons. The molecule has 0 amide bonds. The molecule has 13 aromatic rings. The van der Waals surface area contributed by atoms with Crippen LogP contribution in [0.2, 0.25) is 0 Å². The van der Waals surface area contributed by atoms with Crippen molar-refractivity contribution in [3.8, 4) is 56.7 Å². The summed E-state index contributed by atoms with van der Waals surface area (Å²) in [5.41, 5.74) is 12.2. The van der Waals surface area contributed by atoms with Crippen LogP contribution >= 0.6 is 11.3 Å². The first kappa shape index (κ1) is 35.6. The van der Waals surface area contributed by atoms with Crippen molar-refractivity contribution < 1.29 is 0 Å². The molecule has 0 N–H and O–H groups in total. The van der Waals surface area contributed by atoms with E-state index in [1.165, 1.54) is 53.1 Å². The van der Waals surface area contributed by atoms with Crippen molar-refractivity contribution in [2.75, 3.05) is 0 Å². The van der Waals surface area contributed by atoms with Gasteiger partial charge in [0.2, 0.25) is 5.95 Å². The van der Waals surface area contributed by atoms with Gasteiger partial charge in [0, 0.05) is 58.5 Å². The molecule has 13 rings (SSSR count). The maximum atomic E-state index is 5.12. The fraction of sp³-hybridized carbons (Fsp3) is 0. The second kappa shape index (κ2) is 14.2. The fourth-order valence-corrected chi connectivity index (χ4v) is 10.5. The molecule has 0 aliphatic rings. The summed E-state index contributed by atoms with van der Waals surface area (Å²) in [6.07, 6.45) is 0. The molecule has 0 unspecified atom stereocenters. The van der Waals surface area contributed by atoms with Crippen LogP contribution in [0, 0.1) is 0 Å². The summed E-state index contributed by atoms with van der Waals surface area (Å²) in [4.78, 5) is 15.2. The van der Waals surface area contributed by atoms with Crippen LogP contribution in [0.3, 0.4) is 0 Å². The zero-order valence-electron chi connectivity index (χ0n) is 33.9. The van der Waals surface area contributed by atoms with Crippen molar-refractivity contribution in [1.82, 2.24) is 24.1 Å². The Labute approximate surface area is 366 Å². The van der Waals surface area contributed by atoms with Gasteiger partial charge in [0.25, 0.3) is 0 Å². The number of rotatable bonds is 6. The number of thiophene rings is 1. The van der Waals surface area contributed by atoms with E-state index in [0.29, 0.717) is 17.6 Å². The molecule has 5 nitrogen and oxygen atoms in total. The Kier molecular flexibility index (Phi) is 8.01. The maximum absolute atomic E-state index is 5.12. The van der Waals surface area contributed by atoms with Gasteiger partial charge in [-0.25, -0.2) is 4.98 Å². The lowest BCUT2D eigenvalue weighted by Crippen LogP contribution is -2.06. The third-order valence-corrected chi connectivity index (χ3v) is 13.6. The van der Waals surface area contributed by atoms with E-state index in [0.717, 1.165) is 49.7 Å². The molecule has 0 aliphatic heterocycles. The molecule has 0 saturated carbocycles. The normalized spacial score (nSPS) is 11.8. The van der Waals surface area contributed by atoms with Gasteiger partial charge in [-0.3, -0.25) is 4.57 Å². The molecular weight excluding hydrogens is 787 g/mol. The largest absolute Gasteiger partial charge is 0.309 e. The van der Waals surface area contributed by atoms with E-state index in [-0.39, 0.29) is 0 Å². The average molecular weight is 822 g/mol. The summed E-state index contributed by atoms with van der Waals surface area (Å²) in [5, 5.41) is 7.36. The number of nitrogens with zero attached hydrogens (tertiary/aromatic N) is 5. The molecule has 0 radical (unpaired) electrons. The molecule has 0 bridgehead atoms. The van der Waals surface area contributed by atoms with Gasteiger partial charge in [0.05, 0.1) is 22.1 Å². The quantitative estimate of drug-likeness (QED) is 0.168. The van der Waals surface area contributed by atoms with Crippen LogP contribution in [0.25, 0.3) is 120 Å². The SMILES string of the molecule is c1ccc(-c2nc(-c3ccccc3)nc(-n3c4ccccc4c4cc(-c5ccc6c(c5)c5ccccc5n6-c5ccc(-c6ccc7sc8ccccc8c7c6)cc5)ccc43)n2)cc1. The van der Waals surface area contributed by atoms with Crippen molar-refractivity contribution in [3.05, 3.63) is 212 Å². The lowest BCUT2D eigenvalue weighted by molar-refractivity contribution is 0.953. The number of benzene rings is 9. The zero-order valence-corrected chi connectivity index (χ0v) is 34.7. The highest BCUT2D eigenvalue weighted by Crippen LogP contribution is 2.40. The van der Waals surface area contributed by atoms with E-state index < -0.39 is 0 Å². The lowest BCUT2D eigenvalue weighted by Gasteiger charge is -2.11. The molecule has 4 heterocycles. The van der Waals surface area contributed by atoms with Crippen LogP contribution in [-0.2, 0) is 0 Å². The number of para-hydroxylation sites is 2. The summed E-state index contributed by atoms with van der Waals surface area (Å²) in [6, 6.07) is 75.8. The summed E-state index contributed by atoms with van der Waals surface area (Å²) in [6.45, 7) is 0. The van der Waals surface area contributed by atoms with Gasteiger partial charge >= 0.3 is 0 Å². The maximum Gasteiger partial charge on any atom is 0.238 e. The van der Waals surface area contributed by atoms with Crippen molar-refractivity contribution in [1.29, 1.82) is 0 Å². The van der Waals surface area contributed by atoms with Gasteiger partial charge in [0.1, 0.15) is 0 Å². The van der Waals surface area contributed by atoms with Crippen LogP contribution in [0.1, 0.15) is 0 Å². The smallest absolute Gasteiger partial charge is 0.238 e. The standard InChI is InChI=1S/C57H35N5S/c1-3-13-37(14-4-1)55-58-56(38-15-5-2-6-16-38)60-57(59-55)62-50-21-11-8-18-44(50)47-34-41(26-31-52(47)62)40-25-30-51-46(33-40)43-17-7-10-20-49(43)61(51)42-28-23-36(24-29-42)39-27-32-54-48(35-39)45-19-9-12-22-53(45)63-54/h1-35H. The average Bonchev–Trinajstić information content (AvgIpc) is 4.01. The number of fused-ring (bicyclic) bond motifs is 9. The Morgan fingerprint density at radius 1 is 0.286 bits per heavy atom. The van der Waals surface area contributed by atoms with E-state index in [9.17, 15) is 0 Å². The summed E-state index contributed by atoms with van der Waals surface area (Å²) < 4.78 is 7.23. The van der Waals surface area contributed by atoms with Gasteiger partial charge in [-0.1, -0.05) is 146 Å². The number of aromatic nitrogens is 5. The fourth-order valence-electron chi connectivity index (χ4n) is 9.40. The Bertz CT molecular complexity index is 3840. The Hall–Kier alpha value is -8.19. The molecule has 0 fully saturated rings.